The molecule has 4 heteroatoms. The summed E-state index contributed by atoms with van der Waals surface area (Å²) in [7, 11) is 0. The monoisotopic (exact) mass is 420 g/mol. The molecule has 0 radical (unpaired) electrons. The largest absolute Gasteiger partial charge is 0.329 e. The summed E-state index contributed by atoms with van der Waals surface area (Å²) in [5.74, 6) is -0.270. The molecule has 1 N–H and O–H groups in total. The Balaban J connectivity index is 1.64. The molecule has 1 heterocycles. The number of fused-ring (bicyclic) bond motifs is 4. The van der Waals surface area contributed by atoms with Gasteiger partial charge in [-0.2, -0.15) is 0 Å². The Morgan fingerprint density at radius 1 is 0.812 bits per heavy atom. The first-order valence-electron chi connectivity index (χ1n) is 11.2. The van der Waals surface area contributed by atoms with Gasteiger partial charge in [0.1, 0.15) is 0 Å². The second-order valence-corrected chi connectivity index (χ2v) is 8.95. The van der Waals surface area contributed by atoms with Crippen LogP contribution in [-0.4, -0.2) is 16.8 Å². The van der Waals surface area contributed by atoms with Gasteiger partial charge in [0.15, 0.2) is 5.54 Å². The van der Waals surface area contributed by atoms with Crippen LogP contribution in [0.5, 0.6) is 0 Å². The van der Waals surface area contributed by atoms with Gasteiger partial charge < -0.3 is 0 Å². The lowest BCUT2D eigenvalue weighted by Gasteiger charge is -2.36. The van der Waals surface area contributed by atoms with Crippen molar-refractivity contribution in [2.45, 2.75) is 38.1 Å². The van der Waals surface area contributed by atoms with Crippen molar-refractivity contribution in [2.24, 2.45) is 0 Å². The van der Waals surface area contributed by atoms with Crippen molar-refractivity contribution in [3.8, 4) is 0 Å². The minimum Gasteiger partial charge on any atom is -0.278 e. The molecule has 1 aliphatic heterocycles. The molecular weight excluding hydrogens is 396 g/mol. The van der Waals surface area contributed by atoms with Gasteiger partial charge in [-0.3, -0.25) is 15.0 Å². The van der Waals surface area contributed by atoms with E-state index in [4.69, 9.17) is 0 Å². The highest BCUT2D eigenvalue weighted by Gasteiger charge is 2.52. The molecular formula is C28H24N2O2. The molecule has 2 aliphatic carbocycles. The Morgan fingerprint density at radius 2 is 1.56 bits per heavy atom. The molecule has 32 heavy (non-hydrogen) atoms. The number of benzene rings is 3. The summed E-state index contributed by atoms with van der Waals surface area (Å²) < 4.78 is 0. The lowest BCUT2D eigenvalue weighted by molar-refractivity contribution is -0.125. The highest BCUT2D eigenvalue weighted by atomic mass is 16.2. The normalized spacial score (nSPS) is 21.4. The summed E-state index contributed by atoms with van der Waals surface area (Å²) in [6, 6.07) is 22.1. The maximum atomic E-state index is 13.1. The second-order valence-electron chi connectivity index (χ2n) is 8.95. The van der Waals surface area contributed by atoms with Crippen molar-refractivity contribution < 1.29 is 9.59 Å². The van der Waals surface area contributed by atoms with E-state index in [1.165, 1.54) is 26.8 Å². The van der Waals surface area contributed by atoms with E-state index < -0.39 is 5.54 Å². The van der Waals surface area contributed by atoms with Crippen LogP contribution in [0.15, 0.2) is 66.7 Å². The van der Waals surface area contributed by atoms with E-state index >= 15 is 0 Å². The van der Waals surface area contributed by atoms with E-state index in [9.17, 15) is 9.59 Å². The number of nitrogens with one attached hydrogen (secondary N) is 1. The number of amides is 3. The van der Waals surface area contributed by atoms with Gasteiger partial charge in [-0.1, -0.05) is 72.8 Å². The zero-order valence-electron chi connectivity index (χ0n) is 18.0. The highest BCUT2D eigenvalue weighted by Crippen LogP contribution is 2.38. The maximum Gasteiger partial charge on any atom is 0.329 e. The van der Waals surface area contributed by atoms with Gasteiger partial charge in [-0.15, -0.1) is 0 Å². The Kier molecular flexibility index (Phi) is 4.12. The highest BCUT2D eigenvalue weighted by molar-refractivity contribution is 6.09. The van der Waals surface area contributed by atoms with Gasteiger partial charge in [0.05, 0.1) is 0 Å². The zero-order chi connectivity index (χ0) is 21.9. The molecule has 0 saturated carbocycles. The van der Waals surface area contributed by atoms with E-state index in [2.05, 4.69) is 47.8 Å². The molecule has 4 nitrogen and oxygen atoms in total. The first-order chi connectivity index (χ1) is 15.6. The number of carbonyl (C=O) groups excluding carboxylic acids is 2. The minimum absolute atomic E-state index is 0.270. The van der Waals surface area contributed by atoms with Gasteiger partial charge in [0.25, 0.3) is 5.91 Å². The molecule has 1 unspecified atom stereocenters. The van der Waals surface area contributed by atoms with Gasteiger partial charge in [-0.25, -0.2) is 4.79 Å². The average Bonchev–Trinajstić information content (AvgIpc) is 3.07. The number of urea groups is 1. The van der Waals surface area contributed by atoms with Crippen molar-refractivity contribution in [2.75, 3.05) is 0 Å². The summed E-state index contributed by atoms with van der Waals surface area (Å²) in [6.45, 7) is 1.85. The fourth-order valence-corrected chi connectivity index (χ4v) is 5.66. The van der Waals surface area contributed by atoms with Crippen LogP contribution in [0.1, 0.15) is 36.5 Å². The van der Waals surface area contributed by atoms with E-state index in [0.29, 0.717) is 0 Å². The van der Waals surface area contributed by atoms with Gasteiger partial charge in [0, 0.05) is 5.70 Å². The van der Waals surface area contributed by atoms with Crippen LogP contribution in [0, 0.1) is 10.4 Å². The van der Waals surface area contributed by atoms with Crippen molar-refractivity contribution in [1.29, 1.82) is 0 Å². The van der Waals surface area contributed by atoms with E-state index in [0.717, 1.165) is 42.2 Å². The molecule has 1 saturated heterocycles. The lowest BCUT2D eigenvalue weighted by Crippen LogP contribution is -2.46. The molecule has 3 aromatic carbocycles. The number of hydrogen-bond acceptors (Lipinski definition) is 2. The van der Waals surface area contributed by atoms with Crippen LogP contribution in [0.25, 0.3) is 11.8 Å². The first-order valence-corrected chi connectivity index (χ1v) is 11.2. The molecule has 3 aromatic rings. The third-order valence-electron chi connectivity index (χ3n) is 7.28. The van der Waals surface area contributed by atoms with Crippen LogP contribution in [0.4, 0.5) is 4.79 Å². The van der Waals surface area contributed by atoms with Crippen molar-refractivity contribution >= 4 is 23.7 Å². The number of hydrogen-bond donors (Lipinski definition) is 1. The van der Waals surface area contributed by atoms with Gasteiger partial charge in [0.2, 0.25) is 0 Å². The quantitative estimate of drug-likeness (QED) is 0.648. The Morgan fingerprint density at radius 3 is 2.41 bits per heavy atom. The second kappa shape index (κ2) is 6.92. The number of carbonyl (C=O) groups is 2. The van der Waals surface area contributed by atoms with E-state index in [1.807, 2.05) is 37.3 Å². The summed E-state index contributed by atoms with van der Waals surface area (Å²) in [4.78, 5) is 27.9. The molecule has 3 aliphatic rings. The van der Waals surface area contributed by atoms with E-state index in [-0.39, 0.29) is 11.9 Å². The number of imide groups is 1. The molecule has 3 amide bonds. The number of rotatable bonds is 2. The predicted octanol–water partition coefficient (Wildman–Crippen LogP) is 3.22. The molecule has 0 spiro atoms. The summed E-state index contributed by atoms with van der Waals surface area (Å²) in [5, 5.41) is 7.52. The van der Waals surface area contributed by atoms with E-state index in [1.54, 1.807) is 4.90 Å². The van der Waals surface area contributed by atoms with Gasteiger partial charge >= 0.3 is 6.03 Å². The van der Waals surface area contributed by atoms with Crippen molar-refractivity contribution in [3.63, 3.8) is 0 Å². The van der Waals surface area contributed by atoms with Crippen molar-refractivity contribution in [3.05, 3.63) is 104 Å². The molecule has 0 aromatic heterocycles. The Bertz CT molecular complexity index is 1510. The molecule has 0 bridgehead atoms. The predicted molar refractivity (Wildman–Crippen MR) is 123 cm³/mol. The smallest absolute Gasteiger partial charge is 0.278 e. The fraction of sp³-hybridized carbons (Fsp3) is 0.214. The number of nitrogens with zero attached hydrogens (tertiary/aromatic N) is 1. The molecule has 1 fully saturated rings. The summed E-state index contributed by atoms with van der Waals surface area (Å²) in [5.41, 5.74) is 3.38. The SMILES string of the molecule is CC1(c2ccccc2)C(=O)NC(=O)N1C1=c2ccc3c(c2CCC1)CC=c1ccccc1=3. The van der Waals surface area contributed by atoms with Crippen LogP contribution in [0.3, 0.4) is 0 Å². The third kappa shape index (κ3) is 2.56. The van der Waals surface area contributed by atoms with Crippen LogP contribution >= 0.6 is 0 Å². The fourth-order valence-electron chi connectivity index (χ4n) is 5.66. The van der Waals surface area contributed by atoms with Crippen LogP contribution in [0.2, 0.25) is 0 Å². The summed E-state index contributed by atoms with van der Waals surface area (Å²) >= 11 is 0. The Hall–Kier alpha value is -3.66. The van der Waals surface area contributed by atoms with Crippen molar-refractivity contribution in [1.82, 2.24) is 10.2 Å². The Labute approximate surface area is 186 Å². The lowest BCUT2D eigenvalue weighted by atomic mass is 9.85. The first kappa shape index (κ1) is 19.1. The molecule has 1 atom stereocenters. The zero-order valence-corrected chi connectivity index (χ0v) is 18.0. The summed E-state index contributed by atoms with van der Waals surface area (Å²) in [6.07, 6.45) is 5.91. The third-order valence-corrected chi connectivity index (χ3v) is 7.28. The standard InChI is InChI=1S/C28H24N2O2/c1-28(19-9-3-2-4-10-19)26(31)29-27(32)30(28)25-13-7-12-21-23-15-14-18-8-5-6-11-20(18)22(23)16-17-24(21)25/h2-6,8-11,14,16-17H,7,12-13,15H2,1H3,(H,29,31,32). The average molecular weight is 421 g/mol. The topological polar surface area (TPSA) is 49.4 Å². The maximum absolute atomic E-state index is 13.1. The van der Waals surface area contributed by atoms with Gasteiger partial charge in [-0.05, 0) is 70.2 Å². The molecule has 6 rings (SSSR count). The van der Waals surface area contributed by atoms with Crippen LogP contribution in [-0.2, 0) is 23.2 Å². The molecule has 158 valence electrons. The minimum atomic E-state index is -1.06. The van der Waals surface area contributed by atoms with Crippen LogP contribution < -0.4 is 15.8 Å².